The Labute approximate surface area is 108 Å². The van der Waals surface area contributed by atoms with Crippen molar-refractivity contribution in [2.24, 2.45) is 0 Å². The molecule has 0 unspecified atom stereocenters. The van der Waals surface area contributed by atoms with Crippen molar-refractivity contribution in [2.45, 2.75) is 0 Å². The summed E-state index contributed by atoms with van der Waals surface area (Å²) in [6.07, 6.45) is 0. The second-order valence-electron chi connectivity index (χ2n) is 2.16. The number of hydrogen-bond donors (Lipinski definition) is 3. The van der Waals surface area contributed by atoms with Gasteiger partial charge in [0.1, 0.15) is 0 Å². The molecule has 1 aromatic rings. The molecule has 0 atom stereocenters. The van der Waals surface area contributed by atoms with Crippen LogP contribution in [0.25, 0.3) is 0 Å². The van der Waals surface area contributed by atoms with Crippen molar-refractivity contribution in [3.8, 4) is 0 Å². The number of carboxylic acid groups (broad SMARTS) is 1. The summed E-state index contributed by atoms with van der Waals surface area (Å²) in [6.45, 7) is 0. The molecule has 8 heteroatoms. The van der Waals surface area contributed by atoms with Crippen molar-refractivity contribution in [2.75, 3.05) is 0 Å². The van der Waals surface area contributed by atoms with Gasteiger partial charge in [-0.15, -0.1) is 0 Å². The van der Waals surface area contributed by atoms with Crippen molar-refractivity contribution in [3.05, 3.63) is 35.9 Å². The van der Waals surface area contributed by atoms with E-state index >= 15 is 0 Å². The first-order chi connectivity index (χ1) is 6.30. The first-order valence-corrected chi connectivity index (χ1v) is 4.88. The number of carboxylic acids is 1. The minimum Gasteiger partial charge on any atom is -0.756 e. The summed E-state index contributed by atoms with van der Waals surface area (Å²) < 4.78 is 8.77. The van der Waals surface area contributed by atoms with E-state index in [1.807, 2.05) is 0 Å². The Morgan fingerprint density at radius 2 is 1.53 bits per heavy atom. The molecule has 78 valence electrons. The normalized spacial score (nSPS) is 9.27. The van der Waals surface area contributed by atoms with E-state index in [0.29, 0.717) is 5.56 Å². The first-order valence-electron chi connectivity index (χ1n) is 3.35. The van der Waals surface area contributed by atoms with Crippen LogP contribution < -0.4 is 34.5 Å². The Hall–Kier alpha value is -0.200. The fourth-order valence-electron chi connectivity index (χ4n) is 0.581. The smallest absolute Gasteiger partial charge is 0.756 e. The van der Waals surface area contributed by atoms with Gasteiger partial charge in [-0.1, -0.05) is 18.2 Å². The number of aromatic carboxylic acids is 1. The van der Waals surface area contributed by atoms with Gasteiger partial charge in [-0.2, -0.15) is 0 Å². The van der Waals surface area contributed by atoms with Crippen LogP contribution in [-0.2, 0) is 4.57 Å². The van der Waals surface area contributed by atoms with Gasteiger partial charge >= 0.3 is 35.5 Å². The van der Waals surface area contributed by atoms with Gasteiger partial charge in [-0.3, -0.25) is 4.57 Å². The Morgan fingerprint density at radius 1 is 1.20 bits per heavy atom. The molecule has 6 nitrogen and oxygen atoms in total. The summed E-state index contributed by atoms with van der Waals surface area (Å²) in [7, 11) is -4.89. The van der Waals surface area contributed by atoms with Crippen molar-refractivity contribution in [3.63, 3.8) is 0 Å². The van der Waals surface area contributed by atoms with E-state index in [1.54, 1.807) is 30.3 Å². The Balaban J connectivity index is 0. The van der Waals surface area contributed by atoms with Crippen molar-refractivity contribution in [1.29, 1.82) is 0 Å². The molecule has 0 bridgehead atoms. The minimum atomic E-state index is -4.89. The van der Waals surface area contributed by atoms with E-state index < -0.39 is 13.8 Å². The molecular weight excluding hydrogens is 234 g/mol. The topological polar surface area (TPSA) is 118 Å². The molecule has 0 heterocycles. The van der Waals surface area contributed by atoms with Crippen LogP contribution in [0.4, 0.5) is 0 Å². The molecule has 15 heavy (non-hydrogen) atoms. The SMILES string of the molecule is O=C(O)c1ccccc1.O=P([O-])(O)O.[Na+]. The predicted octanol–water partition coefficient (Wildman–Crippen LogP) is -3.17. The van der Waals surface area contributed by atoms with Gasteiger partial charge in [-0.25, -0.2) is 4.79 Å². The fraction of sp³-hybridized carbons (Fsp3) is 0. The van der Waals surface area contributed by atoms with Gasteiger partial charge in [0.15, 0.2) is 0 Å². The van der Waals surface area contributed by atoms with Crippen LogP contribution in [0, 0.1) is 0 Å². The molecule has 0 radical (unpaired) electrons. The van der Waals surface area contributed by atoms with Crippen LogP contribution in [0.2, 0.25) is 0 Å². The average molecular weight is 242 g/mol. The van der Waals surface area contributed by atoms with E-state index in [-0.39, 0.29) is 29.6 Å². The molecular formula is C7H8NaO6P. The standard InChI is InChI=1S/C7H6O2.Na.H3O4P/c8-7(9)6-4-2-1-3-5-6;;1-5(2,3)4/h1-5H,(H,8,9);;(H3,1,2,3,4)/q;+1;/p-1. The number of rotatable bonds is 1. The Kier molecular flexibility index (Phi) is 9.19. The molecule has 3 N–H and O–H groups in total. The summed E-state index contributed by atoms with van der Waals surface area (Å²) in [5.74, 6) is -0.879. The van der Waals surface area contributed by atoms with Crippen LogP contribution in [0.5, 0.6) is 0 Å². The van der Waals surface area contributed by atoms with Gasteiger partial charge in [0.2, 0.25) is 0 Å². The molecule has 1 aromatic carbocycles. The third kappa shape index (κ3) is 13.8. The van der Waals surface area contributed by atoms with Gasteiger partial charge in [0.05, 0.1) is 5.56 Å². The second-order valence-corrected chi connectivity index (χ2v) is 3.14. The summed E-state index contributed by atoms with van der Waals surface area (Å²) in [4.78, 5) is 33.1. The molecule has 0 aromatic heterocycles. The third-order valence-corrected chi connectivity index (χ3v) is 1.02. The quantitative estimate of drug-likeness (QED) is 0.353. The zero-order valence-electron chi connectivity index (χ0n) is 7.90. The van der Waals surface area contributed by atoms with Crippen LogP contribution in [0.1, 0.15) is 10.4 Å². The van der Waals surface area contributed by atoms with Crippen LogP contribution in [0.3, 0.4) is 0 Å². The largest absolute Gasteiger partial charge is 1.00 e. The Bertz CT molecular complexity index is 326. The van der Waals surface area contributed by atoms with Crippen molar-refractivity contribution >= 4 is 13.8 Å². The van der Waals surface area contributed by atoms with Crippen molar-refractivity contribution in [1.82, 2.24) is 0 Å². The number of benzene rings is 1. The maximum absolute atomic E-state index is 10.2. The maximum atomic E-state index is 10.2. The zero-order chi connectivity index (χ0) is 11.2. The summed E-state index contributed by atoms with van der Waals surface area (Å²) in [5, 5.41) is 8.38. The molecule has 0 aliphatic rings. The van der Waals surface area contributed by atoms with Gasteiger partial charge in [0.25, 0.3) is 7.82 Å². The second kappa shape index (κ2) is 8.01. The van der Waals surface area contributed by atoms with Gasteiger partial charge < -0.3 is 19.8 Å². The monoisotopic (exact) mass is 242 g/mol. The van der Waals surface area contributed by atoms with E-state index in [2.05, 4.69) is 0 Å². The van der Waals surface area contributed by atoms with E-state index in [0.717, 1.165) is 0 Å². The number of phosphoric acid groups is 1. The fourth-order valence-corrected chi connectivity index (χ4v) is 0.581. The van der Waals surface area contributed by atoms with Crippen LogP contribution >= 0.6 is 7.82 Å². The molecule has 0 amide bonds. The van der Waals surface area contributed by atoms with Gasteiger partial charge in [-0.05, 0) is 12.1 Å². The van der Waals surface area contributed by atoms with Crippen LogP contribution in [0.15, 0.2) is 30.3 Å². The molecule has 0 saturated carbocycles. The predicted molar refractivity (Wildman–Crippen MR) is 45.4 cm³/mol. The van der Waals surface area contributed by atoms with Gasteiger partial charge in [0, 0.05) is 0 Å². The molecule has 1 rings (SSSR count). The average Bonchev–Trinajstić information content (AvgIpc) is 2.03. The first kappa shape index (κ1) is 17.2. The Morgan fingerprint density at radius 3 is 1.73 bits per heavy atom. The minimum absolute atomic E-state index is 0. The molecule has 0 saturated heterocycles. The third-order valence-electron chi connectivity index (χ3n) is 1.02. The maximum Gasteiger partial charge on any atom is 1.00 e. The van der Waals surface area contributed by atoms with E-state index in [9.17, 15) is 4.79 Å². The zero-order valence-corrected chi connectivity index (χ0v) is 10.8. The summed E-state index contributed by atoms with van der Waals surface area (Å²) in [6, 6.07) is 8.30. The molecule has 0 aliphatic heterocycles. The molecule has 0 aliphatic carbocycles. The number of carbonyl (C=O) groups is 1. The van der Waals surface area contributed by atoms with Crippen molar-refractivity contribution < 1.29 is 58.7 Å². The molecule has 0 fully saturated rings. The summed E-state index contributed by atoms with van der Waals surface area (Å²) in [5.41, 5.74) is 0.331. The number of hydrogen-bond acceptors (Lipinski definition) is 3. The molecule has 0 spiro atoms. The van der Waals surface area contributed by atoms with Crippen LogP contribution in [-0.4, -0.2) is 20.9 Å². The summed E-state index contributed by atoms with van der Waals surface area (Å²) >= 11 is 0. The van der Waals surface area contributed by atoms with E-state index in [4.69, 9.17) is 24.4 Å². The van der Waals surface area contributed by atoms with E-state index in [1.165, 1.54) is 0 Å².